The van der Waals surface area contributed by atoms with Gasteiger partial charge in [0, 0.05) is 12.1 Å². The molecule has 0 aromatic heterocycles. The van der Waals surface area contributed by atoms with Crippen molar-refractivity contribution in [3.63, 3.8) is 0 Å². The van der Waals surface area contributed by atoms with Crippen molar-refractivity contribution in [2.45, 2.75) is 6.54 Å². The van der Waals surface area contributed by atoms with Crippen molar-refractivity contribution in [3.05, 3.63) is 23.3 Å². The number of ether oxygens (including phenoxy) is 1. The van der Waals surface area contributed by atoms with Crippen LogP contribution in [0.2, 0.25) is 0 Å². The molecule has 84 valence electrons. The minimum atomic E-state index is -1.09. The molecule has 0 saturated carbocycles. The second-order valence-corrected chi connectivity index (χ2v) is 2.70. The number of aromatic hydroxyl groups is 1. The highest BCUT2D eigenvalue weighted by Gasteiger charge is 2.12. The van der Waals surface area contributed by atoms with Crippen LogP contribution in [0, 0.1) is 0 Å². The minimum Gasteiger partial charge on any atom is -0.504 e. The third-order valence-corrected chi connectivity index (χ3v) is 1.84. The normalized spacial score (nSPS) is 9.20. The summed E-state index contributed by atoms with van der Waals surface area (Å²) in [6.07, 6.45) is 0. The Hall–Kier alpha value is -1.46. The van der Waals surface area contributed by atoms with Crippen molar-refractivity contribution in [1.29, 1.82) is 0 Å². The molecule has 15 heavy (non-hydrogen) atoms. The number of methoxy groups -OCH3 is 1. The van der Waals surface area contributed by atoms with Crippen molar-refractivity contribution in [1.82, 2.24) is 0 Å². The largest absolute Gasteiger partial charge is 0.504 e. The molecule has 0 fully saturated rings. The molecular weight excluding hydrogens is 222 g/mol. The molecule has 0 bridgehead atoms. The van der Waals surface area contributed by atoms with Crippen LogP contribution in [0.5, 0.6) is 11.5 Å². The molecule has 0 amide bonds. The number of phenols is 1. The number of nitrogens with two attached hydrogens (primary N) is 1. The Bertz CT molecular complexity index is 342. The highest BCUT2D eigenvalue weighted by atomic mass is 35.5. The summed E-state index contributed by atoms with van der Waals surface area (Å²) in [5.41, 5.74) is 5.73. The molecule has 1 aromatic carbocycles. The van der Waals surface area contributed by atoms with Gasteiger partial charge in [0.05, 0.1) is 12.7 Å². The fourth-order valence-electron chi connectivity index (χ4n) is 1.10. The first-order valence-electron chi connectivity index (χ1n) is 3.93. The van der Waals surface area contributed by atoms with Gasteiger partial charge in [-0.3, -0.25) is 0 Å². The van der Waals surface area contributed by atoms with Crippen molar-refractivity contribution in [2.24, 2.45) is 5.73 Å². The zero-order chi connectivity index (χ0) is 10.7. The maximum absolute atomic E-state index is 10.7. The van der Waals surface area contributed by atoms with Crippen LogP contribution in [0.25, 0.3) is 0 Å². The van der Waals surface area contributed by atoms with Crippen LogP contribution in [0.4, 0.5) is 0 Å². The van der Waals surface area contributed by atoms with E-state index in [4.69, 9.17) is 15.6 Å². The lowest BCUT2D eigenvalue weighted by Gasteiger charge is -2.08. The van der Waals surface area contributed by atoms with E-state index in [1.807, 2.05) is 0 Å². The lowest BCUT2D eigenvalue weighted by Crippen LogP contribution is -2.03. The summed E-state index contributed by atoms with van der Waals surface area (Å²) in [6, 6.07) is 2.57. The van der Waals surface area contributed by atoms with Gasteiger partial charge in [0.2, 0.25) is 0 Å². The van der Waals surface area contributed by atoms with E-state index in [1.54, 1.807) is 0 Å². The predicted molar refractivity (Wildman–Crippen MR) is 56.8 cm³/mol. The van der Waals surface area contributed by atoms with Crippen LogP contribution in [0.1, 0.15) is 15.9 Å². The average molecular weight is 234 g/mol. The lowest BCUT2D eigenvalue weighted by molar-refractivity contribution is 0.0696. The zero-order valence-electron chi connectivity index (χ0n) is 8.06. The number of halogens is 1. The predicted octanol–water partition coefficient (Wildman–Crippen LogP) is 0.979. The fourth-order valence-corrected chi connectivity index (χ4v) is 1.10. The first-order chi connectivity index (χ1) is 6.60. The molecule has 4 N–H and O–H groups in total. The van der Waals surface area contributed by atoms with Gasteiger partial charge in [-0.15, -0.1) is 12.4 Å². The molecule has 1 rings (SSSR count). The molecule has 5 nitrogen and oxygen atoms in total. The average Bonchev–Trinajstić information content (AvgIpc) is 2.17. The minimum absolute atomic E-state index is 0. The number of carboxylic acids is 1. The Morgan fingerprint density at radius 2 is 2.13 bits per heavy atom. The number of phenolic OH excluding ortho intramolecular Hbond substituents is 1. The van der Waals surface area contributed by atoms with Gasteiger partial charge < -0.3 is 20.7 Å². The molecule has 0 aliphatic rings. The summed E-state index contributed by atoms with van der Waals surface area (Å²) in [4.78, 5) is 10.7. The van der Waals surface area contributed by atoms with Crippen LogP contribution < -0.4 is 10.5 Å². The van der Waals surface area contributed by atoms with Crippen molar-refractivity contribution in [3.8, 4) is 11.5 Å². The number of hydrogen-bond acceptors (Lipinski definition) is 4. The molecule has 0 radical (unpaired) electrons. The van der Waals surface area contributed by atoms with Crippen molar-refractivity contribution in [2.75, 3.05) is 7.11 Å². The van der Waals surface area contributed by atoms with E-state index < -0.39 is 5.97 Å². The SMILES string of the molecule is COc1cc(C(=O)O)cc(CN)c1O.Cl. The zero-order valence-corrected chi connectivity index (χ0v) is 8.87. The number of rotatable bonds is 3. The number of aromatic carboxylic acids is 1. The maximum Gasteiger partial charge on any atom is 0.335 e. The van der Waals surface area contributed by atoms with Crippen molar-refractivity contribution < 1.29 is 19.7 Å². The van der Waals surface area contributed by atoms with E-state index in [9.17, 15) is 9.90 Å². The molecular formula is C9H12ClNO4. The Kier molecular flexibility index (Phi) is 4.90. The van der Waals surface area contributed by atoms with Gasteiger partial charge in [-0.25, -0.2) is 4.79 Å². The van der Waals surface area contributed by atoms with Gasteiger partial charge in [-0.2, -0.15) is 0 Å². The molecule has 0 unspecified atom stereocenters. The van der Waals surface area contributed by atoms with Gasteiger partial charge in [-0.05, 0) is 12.1 Å². The third kappa shape index (κ3) is 2.74. The highest BCUT2D eigenvalue weighted by molar-refractivity contribution is 5.89. The summed E-state index contributed by atoms with van der Waals surface area (Å²) in [6.45, 7) is 0.0588. The molecule has 0 heterocycles. The van der Waals surface area contributed by atoms with E-state index >= 15 is 0 Å². The first kappa shape index (κ1) is 13.5. The van der Waals surface area contributed by atoms with E-state index in [2.05, 4.69) is 0 Å². The quantitative estimate of drug-likeness (QED) is 0.724. The number of carbonyl (C=O) groups is 1. The van der Waals surface area contributed by atoms with Crippen LogP contribution in [0.15, 0.2) is 12.1 Å². The maximum atomic E-state index is 10.7. The van der Waals surface area contributed by atoms with E-state index in [1.165, 1.54) is 19.2 Å². The van der Waals surface area contributed by atoms with Gasteiger partial charge in [-0.1, -0.05) is 0 Å². The molecule has 0 aliphatic carbocycles. The van der Waals surface area contributed by atoms with E-state index in [0.29, 0.717) is 5.56 Å². The summed E-state index contributed by atoms with van der Waals surface area (Å²) in [5.74, 6) is -1.08. The summed E-state index contributed by atoms with van der Waals surface area (Å²) < 4.78 is 4.81. The van der Waals surface area contributed by atoms with Gasteiger partial charge in [0.25, 0.3) is 0 Å². The van der Waals surface area contributed by atoms with Crippen LogP contribution >= 0.6 is 12.4 Å². The van der Waals surface area contributed by atoms with E-state index in [-0.39, 0.29) is 36.0 Å². The van der Waals surface area contributed by atoms with E-state index in [0.717, 1.165) is 0 Å². The van der Waals surface area contributed by atoms with Gasteiger partial charge in [0.15, 0.2) is 11.5 Å². The molecule has 0 spiro atoms. The summed E-state index contributed by atoms with van der Waals surface area (Å²) >= 11 is 0. The Labute approximate surface area is 92.9 Å². The van der Waals surface area contributed by atoms with Crippen LogP contribution in [-0.2, 0) is 6.54 Å². The third-order valence-electron chi connectivity index (χ3n) is 1.84. The number of benzene rings is 1. The highest BCUT2D eigenvalue weighted by Crippen LogP contribution is 2.31. The molecule has 0 atom stereocenters. The Morgan fingerprint density at radius 3 is 2.53 bits per heavy atom. The van der Waals surface area contributed by atoms with Gasteiger partial charge >= 0.3 is 5.97 Å². The molecule has 0 aliphatic heterocycles. The Balaban J connectivity index is 0.00000196. The molecule has 1 aromatic rings. The number of carboxylic acid groups (broad SMARTS) is 1. The van der Waals surface area contributed by atoms with Crippen molar-refractivity contribution >= 4 is 18.4 Å². The first-order valence-corrected chi connectivity index (χ1v) is 3.93. The molecule has 6 heteroatoms. The Morgan fingerprint density at radius 1 is 1.53 bits per heavy atom. The number of hydrogen-bond donors (Lipinski definition) is 3. The van der Waals surface area contributed by atoms with Crippen LogP contribution in [-0.4, -0.2) is 23.3 Å². The summed E-state index contributed by atoms with van der Waals surface area (Å²) in [7, 11) is 1.35. The monoisotopic (exact) mass is 233 g/mol. The van der Waals surface area contributed by atoms with Crippen LogP contribution in [0.3, 0.4) is 0 Å². The lowest BCUT2D eigenvalue weighted by atomic mass is 10.1. The summed E-state index contributed by atoms with van der Waals surface area (Å²) in [5, 5.41) is 18.2. The fraction of sp³-hybridized carbons (Fsp3) is 0.222. The van der Waals surface area contributed by atoms with Gasteiger partial charge in [0.1, 0.15) is 0 Å². The standard InChI is InChI=1S/C9H11NO4.ClH/c1-14-7-3-5(9(12)13)2-6(4-10)8(7)11;/h2-3,11H,4,10H2,1H3,(H,12,13);1H. The second kappa shape index (κ2) is 5.43. The second-order valence-electron chi connectivity index (χ2n) is 2.70. The smallest absolute Gasteiger partial charge is 0.335 e. The molecule has 0 saturated heterocycles. The topological polar surface area (TPSA) is 92.8 Å².